The van der Waals surface area contributed by atoms with E-state index in [2.05, 4.69) is 21.4 Å². The van der Waals surface area contributed by atoms with Crippen LogP contribution in [0.25, 0.3) is 0 Å². The summed E-state index contributed by atoms with van der Waals surface area (Å²) in [7, 11) is 0. The normalized spacial score (nSPS) is 21.4. The molecule has 1 fully saturated rings. The number of ether oxygens (including phenoxy) is 1. The molecule has 7 heteroatoms. The molecule has 0 atom stereocenters. The van der Waals surface area contributed by atoms with Crippen LogP contribution in [-0.4, -0.2) is 28.6 Å². The van der Waals surface area contributed by atoms with Gasteiger partial charge in [-0.15, -0.1) is 0 Å². The Morgan fingerprint density at radius 1 is 1.52 bits per heavy atom. The molecule has 0 aromatic carbocycles. The Morgan fingerprint density at radius 3 is 2.86 bits per heavy atom. The van der Waals surface area contributed by atoms with E-state index in [0.717, 1.165) is 25.7 Å². The number of carbonyl (C=O) groups is 1. The van der Waals surface area contributed by atoms with E-state index in [0.29, 0.717) is 5.82 Å². The number of nitriles is 1. The van der Waals surface area contributed by atoms with E-state index in [4.69, 9.17) is 21.6 Å². The average Bonchev–Trinajstić information content (AvgIpc) is 2.48. The molecule has 2 rings (SSSR count). The zero-order valence-corrected chi connectivity index (χ0v) is 12.6. The summed E-state index contributed by atoms with van der Waals surface area (Å²) in [6.45, 7) is 2.03. The first kappa shape index (κ1) is 15.5. The number of nitrogens with one attached hydrogen (secondary N) is 1. The smallest absolute Gasteiger partial charge is 0.343 e. The van der Waals surface area contributed by atoms with Crippen molar-refractivity contribution in [3.63, 3.8) is 0 Å². The Kier molecular flexibility index (Phi) is 5.34. The lowest BCUT2D eigenvalue weighted by molar-refractivity contribution is 0.0526. The Bertz CT molecular complexity index is 550. The van der Waals surface area contributed by atoms with Crippen molar-refractivity contribution in [1.82, 2.24) is 9.97 Å². The van der Waals surface area contributed by atoms with Gasteiger partial charge in [0.2, 0.25) is 5.28 Å². The number of esters is 1. The molecular formula is C14H17ClN4O2. The Balaban J connectivity index is 2.10. The van der Waals surface area contributed by atoms with E-state index in [1.54, 1.807) is 6.92 Å². The van der Waals surface area contributed by atoms with Crippen LogP contribution in [0.1, 0.15) is 43.0 Å². The van der Waals surface area contributed by atoms with Gasteiger partial charge in [-0.05, 0) is 44.2 Å². The van der Waals surface area contributed by atoms with Crippen LogP contribution in [0.3, 0.4) is 0 Å². The van der Waals surface area contributed by atoms with Gasteiger partial charge in [-0.3, -0.25) is 0 Å². The van der Waals surface area contributed by atoms with Crippen molar-refractivity contribution in [2.45, 2.75) is 38.6 Å². The molecule has 1 heterocycles. The summed E-state index contributed by atoms with van der Waals surface area (Å²) in [6, 6.07) is 2.47. The Labute approximate surface area is 128 Å². The van der Waals surface area contributed by atoms with Gasteiger partial charge >= 0.3 is 5.97 Å². The van der Waals surface area contributed by atoms with Gasteiger partial charge in [0.25, 0.3) is 0 Å². The minimum atomic E-state index is -0.470. The quantitative estimate of drug-likeness (QED) is 0.679. The summed E-state index contributed by atoms with van der Waals surface area (Å²) in [5.74, 6) is 0.0535. The van der Waals surface area contributed by atoms with Crippen LogP contribution in [0, 0.1) is 17.2 Å². The first-order chi connectivity index (χ1) is 10.1. The van der Waals surface area contributed by atoms with Crippen molar-refractivity contribution in [2.24, 2.45) is 5.92 Å². The highest BCUT2D eigenvalue weighted by atomic mass is 35.5. The molecule has 0 bridgehead atoms. The first-order valence-electron chi connectivity index (χ1n) is 6.99. The molecule has 1 aliphatic carbocycles. The number of anilines is 1. The van der Waals surface area contributed by atoms with Gasteiger partial charge < -0.3 is 10.1 Å². The fourth-order valence-corrected chi connectivity index (χ4v) is 2.52. The number of hydrogen-bond donors (Lipinski definition) is 1. The summed E-state index contributed by atoms with van der Waals surface area (Å²) in [5, 5.41) is 12.2. The van der Waals surface area contributed by atoms with E-state index in [1.165, 1.54) is 6.20 Å². The van der Waals surface area contributed by atoms with Crippen molar-refractivity contribution in [1.29, 1.82) is 5.26 Å². The van der Waals surface area contributed by atoms with Gasteiger partial charge in [-0.25, -0.2) is 9.78 Å². The molecule has 0 aliphatic heterocycles. The van der Waals surface area contributed by atoms with Crippen molar-refractivity contribution in [3.05, 3.63) is 17.0 Å². The molecule has 1 aliphatic rings. The standard InChI is InChI=1S/C14H17ClN4O2/c1-2-21-13(20)11-8-17-14(15)19-12(11)18-10-5-3-9(7-16)4-6-10/h8-10H,2-6H2,1H3,(H,17,18,19). The summed E-state index contributed by atoms with van der Waals surface area (Å²) in [6.07, 6.45) is 4.80. The van der Waals surface area contributed by atoms with E-state index in [-0.39, 0.29) is 29.4 Å². The van der Waals surface area contributed by atoms with Crippen LogP contribution in [0.15, 0.2) is 6.20 Å². The number of aromatic nitrogens is 2. The van der Waals surface area contributed by atoms with Crippen molar-refractivity contribution < 1.29 is 9.53 Å². The van der Waals surface area contributed by atoms with Crippen molar-refractivity contribution in [3.8, 4) is 6.07 Å². The van der Waals surface area contributed by atoms with Crippen LogP contribution < -0.4 is 5.32 Å². The predicted molar refractivity (Wildman–Crippen MR) is 78.0 cm³/mol. The van der Waals surface area contributed by atoms with E-state index < -0.39 is 5.97 Å². The van der Waals surface area contributed by atoms with Crippen LogP contribution >= 0.6 is 11.6 Å². The monoisotopic (exact) mass is 308 g/mol. The van der Waals surface area contributed by atoms with Gasteiger partial charge in [0.05, 0.1) is 12.7 Å². The summed E-state index contributed by atoms with van der Waals surface area (Å²) >= 11 is 5.80. The number of rotatable bonds is 4. The third-order valence-electron chi connectivity index (χ3n) is 3.51. The molecule has 1 N–H and O–H groups in total. The van der Waals surface area contributed by atoms with Crippen LogP contribution in [0.2, 0.25) is 5.28 Å². The topological polar surface area (TPSA) is 87.9 Å². The number of halogens is 1. The Morgan fingerprint density at radius 2 is 2.24 bits per heavy atom. The highest BCUT2D eigenvalue weighted by molar-refractivity contribution is 6.28. The van der Waals surface area contributed by atoms with E-state index >= 15 is 0 Å². The fourth-order valence-electron chi connectivity index (χ4n) is 2.39. The molecule has 0 radical (unpaired) electrons. The molecule has 6 nitrogen and oxygen atoms in total. The molecule has 1 aromatic rings. The lowest BCUT2D eigenvalue weighted by Crippen LogP contribution is -2.27. The summed E-state index contributed by atoms with van der Waals surface area (Å²) in [4.78, 5) is 19.8. The maximum atomic E-state index is 11.9. The minimum Gasteiger partial charge on any atom is -0.462 e. The van der Waals surface area contributed by atoms with Crippen molar-refractivity contribution in [2.75, 3.05) is 11.9 Å². The zero-order valence-electron chi connectivity index (χ0n) is 11.8. The van der Waals surface area contributed by atoms with Gasteiger partial charge in [0, 0.05) is 18.2 Å². The maximum absolute atomic E-state index is 11.9. The van der Waals surface area contributed by atoms with E-state index in [9.17, 15) is 4.79 Å². The third kappa shape index (κ3) is 4.05. The maximum Gasteiger partial charge on any atom is 0.343 e. The molecule has 1 saturated carbocycles. The Hall–Kier alpha value is -1.87. The van der Waals surface area contributed by atoms with Gasteiger partial charge in [0.15, 0.2) is 0 Å². The van der Waals surface area contributed by atoms with Crippen LogP contribution in [-0.2, 0) is 4.74 Å². The van der Waals surface area contributed by atoms with Crippen LogP contribution in [0.5, 0.6) is 0 Å². The van der Waals surface area contributed by atoms with Gasteiger partial charge in [0.1, 0.15) is 11.4 Å². The molecular weight excluding hydrogens is 292 g/mol. The average molecular weight is 309 g/mol. The van der Waals surface area contributed by atoms with E-state index in [1.807, 2.05) is 0 Å². The first-order valence-corrected chi connectivity index (χ1v) is 7.37. The third-order valence-corrected chi connectivity index (χ3v) is 3.69. The molecule has 112 valence electrons. The SMILES string of the molecule is CCOC(=O)c1cnc(Cl)nc1NC1CCC(C#N)CC1. The summed E-state index contributed by atoms with van der Waals surface area (Å²) < 4.78 is 4.99. The second-order valence-electron chi connectivity index (χ2n) is 4.94. The highest BCUT2D eigenvalue weighted by Crippen LogP contribution is 2.27. The highest BCUT2D eigenvalue weighted by Gasteiger charge is 2.23. The summed E-state index contributed by atoms with van der Waals surface area (Å²) in [5.41, 5.74) is 0.281. The molecule has 1 aromatic heterocycles. The second-order valence-corrected chi connectivity index (χ2v) is 5.28. The number of hydrogen-bond acceptors (Lipinski definition) is 6. The minimum absolute atomic E-state index is 0.0799. The molecule has 0 unspecified atom stereocenters. The lowest BCUT2D eigenvalue weighted by atomic mass is 9.87. The van der Waals surface area contributed by atoms with Crippen LogP contribution in [0.4, 0.5) is 5.82 Å². The fraction of sp³-hybridized carbons (Fsp3) is 0.571. The largest absolute Gasteiger partial charge is 0.462 e. The number of nitrogens with zero attached hydrogens (tertiary/aromatic N) is 3. The molecule has 21 heavy (non-hydrogen) atoms. The second kappa shape index (κ2) is 7.23. The predicted octanol–water partition coefficient (Wildman–Crippen LogP) is 2.80. The van der Waals surface area contributed by atoms with Crippen molar-refractivity contribution >= 4 is 23.4 Å². The molecule has 0 saturated heterocycles. The number of carbonyl (C=O) groups excluding carboxylic acids is 1. The lowest BCUT2D eigenvalue weighted by Gasteiger charge is -2.26. The molecule has 0 amide bonds. The van der Waals surface area contributed by atoms with Gasteiger partial charge in [-0.2, -0.15) is 10.2 Å². The molecule has 0 spiro atoms. The zero-order chi connectivity index (χ0) is 15.2. The van der Waals surface area contributed by atoms with Gasteiger partial charge in [-0.1, -0.05) is 0 Å².